The third kappa shape index (κ3) is 3.88. The number of nitrogens with one attached hydrogen (secondary N) is 1. The van der Waals surface area contributed by atoms with E-state index in [4.69, 9.17) is 15.0 Å². The summed E-state index contributed by atoms with van der Waals surface area (Å²) in [6, 6.07) is 7.33. The zero-order chi connectivity index (χ0) is 17.9. The quantitative estimate of drug-likeness (QED) is 0.791. The molecule has 0 saturated heterocycles. The van der Waals surface area contributed by atoms with E-state index in [0.29, 0.717) is 35.8 Å². The van der Waals surface area contributed by atoms with Crippen molar-refractivity contribution in [2.45, 2.75) is 44.6 Å². The zero-order valence-electron chi connectivity index (χ0n) is 14.7. The Bertz CT molecular complexity index is 754. The second-order valence-corrected chi connectivity index (χ2v) is 7.16. The third-order valence-electron chi connectivity index (χ3n) is 5.20. The lowest BCUT2D eigenvalue weighted by atomic mass is 9.95. The third-order valence-corrected chi connectivity index (χ3v) is 5.20. The summed E-state index contributed by atoms with van der Waals surface area (Å²) < 4.78 is 10.9. The van der Waals surface area contributed by atoms with Crippen molar-refractivity contribution in [1.82, 2.24) is 10.1 Å². The highest BCUT2D eigenvalue weighted by Crippen LogP contribution is 2.38. The Morgan fingerprint density at radius 1 is 1.23 bits per heavy atom. The fourth-order valence-corrected chi connectivity index (χ4v) is 3.50. The molecule has 7 heteroatoms. The van der Waals surface area contributed by atoms with Gasteiger partial charge in [0.1, 0.15) is 5.75 Å². The molecule has 0 unspecified atom stereocenters. The van der Waals surface area contributed by atoms with Crippen molar-refractivity contribution in [1.29, 1.82) is 0 Å². The normalized spacial score (nSPS) is 22.3. The molecule has 138 valence electrons. The minimum absolute atomic E-state index is 0.0230. The van der Waals surface area contributed by atoms with Gasteiger partial charge in [-0.25, -0.2) is 0 Å². The van der Waals surface area contributed by atoms with Gasteiger partial charge >= 0.3 is 0 Å². The van der Waals surface area contributed by atoms with Gasteiger partial charge in [0.2, 0.25) is 17.6 Å². The first-order valence-corrected chi connectivity index (χ1v) is 9.29. The van der Waals surface area contributed by atoms with Gasteiger partial charge in [0.15, 0.2) is 6.61 Å². The molecule has 3 N–H and O–H groups in total. The minimum Gasteiger partial charge on any atom is -0.485 e. The van der Waals surface area contributed by atoms with Gasteiger partial charge in [-0.15, -0.1) is 0 Å². The summed E-state index contributed by atoms with van der Waals surface area (Å²) in [5, 5.41) is 6.91. The molecule has 2 fully saturated rings. The van der Waals surface area contributed by atoms with Gasteiger partial charge in [-0.1, -0.05) is 11.6 Å². The van der Waals surface area contributed by atoms with Crippen LogP contribution in [0.15, 0.2) is 28.8 Å². The average molecular weight is 356 g/mol. The predicted octanol–water partition coefficient (Wildman–Crippen LogP) is 2.84. The molecule has 0 spiro atoms. The number of anilines is 1. The molecule has 2 aromatic rings. The molecule has 26 heavy (non-hydrogen) atoms. The Morgan fingerprint density at radius 2 is 2.04 bits per heavy atom. The highest BCUT2D eigenvalue weighted by molar-refractivity contribution is 5.93. The number of carbonyl (C=O) groups is 1. The summed E-state index contributed by atoms with van der Waals surface area (Å²) in [5.41, 5.74) is 6.53. The van der Waals surface area contributed by atoms with Crippen molar-refractivity contribution in [3.8, 4) is 5.75 Å². The molecule has 0 aliphatic heterocycles. The zero-order valence-corrected chi connectivity index (χ0v) is 14.7. The van der Waals surface area contributed by atoms with Crippen LogP contribution in [0.1, 0.15) is 49.7 Å². The number of carbonyl (C=O) groups excluding carboxylic acids is 1. The van der Waals surface area contributed by atoms with Crippen LogP contribution in [0.5, 0.6) is 5.75 Å². The maximum absolute atomic E-state index is 12.4. The van der Waals surface area contributed by atoms with E-state index in [1.54, 1.807) is 0 Å². The van der Waals surface area contributed by atoms with Gasteiger partial charge in [0, 0.05) is 17.5 Å². The number of nitrogens with two attached hydrogens (primary N) is 1. The number of hydrogen-bond acceptors (Lipinski definition) is 6. The van der Waals surface area contributed by atoms with Crippen LogP contribution >= 0.6 is 0 Å². The smallest absolute Gasteiger partial charge is 0.229 e. The molecular formula is C19H24N4O3. The van der Waals surface area contributed by atoms with E-state index in [1.807, 2.05) is 24.3 Å². The van der Waals surface area contributed by atoms with Gasteiger partial charge in [-0.05, 0) is 62.4 Å². The van der Waals surface area contributed by atoms with E-state index >= 15 is 0 Å². The highest BCUT2D eigenvalue weighted by atomic mass is 16.5. The van der Waals surface area contributed by atoms with E-state index in [0.717, 1.165) is 37.8 Å². The molecule has 0 radical (unpaired) electrons. The Balaban J connectivity index is 1.29. The number of hydrogen-bond donors (Lipinski definition) is 2. The Labute approximate surface area is 152 Å². The molecule has 7 nitrogen and oxygen atoms in total. The van der Waals surface area contributed by atoms with Crippen LogP contribution in [0, 0.1) is 11.8 Å². The first kappa shape index (κ1) is 17.0. The fraction of sp³-hybridized carbons (Fsp3) is 0.526. The van der Waals surface area contributed by atoms with Gasteiger partial charge in [-0.2, -0.15) is 4.98 Å². The Hall–Kier alpha value is -2.41. The topological polar surface area (TPSA) is 103 Å². The van der Waals surface area contributed by atoms with Crippen molar-refractivity contribution in [2.75, 3.05) is 11.9 Å². The lowest BCUT2D eigenvalue weighted by molar-refractivity contribution is -0.120. The molecule has 1 aromatic carbocycles. The lowest BCUT2D eigenvalue weighted by Gasteiger charge is -2.17. The molecule has 4 rings (SSSR count). The SMILES string of the molecule is NC[C@H]1CCC[C@H]1C(=O)Nc1ccc(OCc2noc(C3CC3)n2)cc1. The van der Waals surface area contributed by atoms with E-state index in [2.05, 4.69) is 15.5 Å². The second-order valence-electron chi connectivity index (χ2n) is 7.16. The lowest BCUT2D eigenvalue weighted by Crippen LogP contribution is -2.29. The van der Waals surface area contributed by atoms with Crippen molar-refractivity contribution in [3.05, 3.63) is 36.0 Å². The van der Waals surface area contributed by atoms with Crippen molar-refractivity contribution < 1.29 is 14.1 Å². The standard InChI is InChI=1S/C19H24N4O3/c20-10-13-2-1-3-16(13)18(24)21-14-6-8-15(9-7-14)25-11-17-22-19(26-23-17)12-4-5-12/h6-9,12-13,16H,1-5,10-11,20H2,(H,21,24)/t13-,16-/m1/s1. The number of amides is 1. The molecule has 2 aliphatic rings. The van der Waals surface area contributed by atoms with Crippen LogP contribution in [0.3, 0.4) is 0 Å². The Kier molecular flexibility index (Phi) is 4.88. The Morgan fingerprint density at radius 3 is 2.77 bits per heavy atom. The maximum Gasteiger partial charge on any atom is 0.229 e. The summed E-state index contributed by atoms with van der Waals surface area (Å²) in [4.78, 5) is 16.8. The number of nitrogens with zero attached hydrogens (tertiary/aromatic N) is 2. The highest BCUT2D eigenvalue weighted by Gasteiger charge is 2.32. The van der Waals surface area contributed by atoms with E-state index in [-0.39, 0.29) is 18.4 Å². The minimum atomic E-state index is 0.0230. The van der Waals surface area contributed by atoms with Crippen molar-refractivity contribution in [3.63, 3.8) is 0 Å². The maximum atomic E-state index is 12.4. The molecular weight excluding hydrogens is 332 g/mol. The van der Waals surface area contributed by atoms with Gasteiger partial charge in [-0.3, -0.25) is 4.79 Å². The summed E-state index contributed by atoms with van der Waals surface area (Å²) in [5.74, 6) is 2.79. The van der Waals surface area contributed by atoms with Gasteiger partial charge in [0.25, 0.3) is 0 Å². The van der Waals surface area contributed by atoms with Crippen molar-refractivity contribution in [2.24, 2.45) is 17.6 Å². The molecule has 0 bridgehead atoms. The number of aromatic nitrogens is 2. The molecule has 1 amide bonds. The van der Waals surface area contributed by atoms with Gasteiger partial charge < -0.3 is 20.3 Å². The summed E-state index contributed by atoms with van der Waals surface area (Å²) >= 11 is 0. The number of rotatable bonds is 7. The summed E-state index contributed by atoms with van der Waals surface area (Å²) in [6.45, 7) is 0.839. The van der Waals surface area contributed by atoms with E-state index in [9.17, 15) is 4.79 Å². The predicted molar refractivity (Wildman–Crippen MR) is 95.6 cm³/mol. The summed E-state index contributed by atoms with van der Waals surface area (Å²) in [7, 11) is 0. The van der Waals surface area contributed by atoms with Crippen molar-refractivity contribution >= 4 is 11.6 Å². The average Bonchev–Trinajstić information content (AvgIpc) is 3.21. The molecule has 1 aromatic heterocycles. The van der Waals surface area contributed by atoms with E-state index in [1.165, 1.54) is 0 Å². The van der Waals surface area contributed by atoms with Crippen LogP contribution < -0.4 is 15.8 Å². The van der Waals surface area contributed by atoms with Crippen LogP contribution in [0.4, 0.5) is 5.69 Å². The van der Waals surface area contributed by atoms with Crippen LogP contribution in [-0.4, -0.2) is 22.6 Å². The molecule has 2 atom stereocenters. The summed E-state index contributed by atoms with van der Waals surface area (Å²) in [6.07, 6.45) is 5.29. The molecule has 2 aliphatic carbocycles. The number of benzene rings is 1. The number of ether oxygens (including phenoxy) is 1. The van der Waals surface area contributed by atoms with Gasteiger partial charge in [0.05, 0.1) is 0 Å². The fourth-order valence-electron chi connectivity index (χ4n) is 3.50. The first-order chi connectivity index (χ1) is 12.7. The van der Waals surface area contributed by atoms with Crippen LogP contribution in [0.2, 0.25) is 0 Å². The largest absolute Gasteiger partial charge is 0.485 e. The van der Waals surface area contributed by atoms with E-state index < -0.39 is 0 Å². The molecule has 2 saturated carbocycles. The second kappa shape index (κ2) is 7.45. The monoisotopic (exact) mass is 356 g/mol. The van der Waals surface area contributed by atoms with Crippen LogP contribution in [0.25, 0.3) is 0 Å². The first-order valence-electron chi connectivity index (χ1n) is 9.29. The molecule has 1 heterocycles. The van der Waals surface area contributed by atoms with Crippen LogP contribution in [-0.2, 0) is 11.4 Å².